The van der Waals surface area contributed by atoms with Gasteiger partial charge in [-0.3, -0.25) is 4.79 Å². The largest absolute Gasteiger partial charge is 0.452 e. The third-order valence-electron chi connectivity index (χ3n) is 4.45. The van der Waals surface area contributed by atoms with Crippen molar-refractivity contribution in [3.05, 3.63) is 99.5 Å². The summed E-state index contributed by atoms with van der Waals surface area (Å²) in [6.07, 6.45) is 0. The van der Waals surface area contributed by atoms with E-state index in [-0.39, 0.29) is 15.6 Å². The van der Waals surface area contributed by atoms with Crippen LogP contribution in [0, 0.1) is 0 Å². The smallest absolute Gasteiger partial charge is 0.340 e. The summed E-state index contributed by atoms with van der Waals surface area (Å²) in [5.74, 6) is -1.56. The van der Waals surface area contributed by atoms with E-state index in [1.165, 1.54) is 0 Å². The molecule has 3 aromatic rings. The predicted octanol–water partition coefficient (Wildman–Crippen LogP) is 3.70. The topological polar surface area (TPSA) is 116 Å². The minimum Gasteiger partial charge on any atom is -0.452 e. The Hall–Kier alpha value is -2.91. The highest BCUT2D eigenvalue weighted by atomic mass is 35.5. The van der Waals surface area contributed by atoms with E-state index in [0.717, 1.165) is 23.3 Å². The van der Waals surface area contributed by atoms with Gasteiger partial charge in [0, 0.05) is 0 Å². The number of ether oxygens (including phenoxy) is 1. The molecule has 0 saturated carbocycles. The van der Waals surface area contributed by atoms with Crippen molar-refractivity contribution in [1.82, 2.24) is 5.32 Å². The summed E-state index contributed by atoms with van der Waals surface area (Å²) >= 11 is 11.8. The SMILES string of the molecule is NS(=O)(=O)c1cc(C(=O)OCC(=O)NC(c2ccccc2)c2ccccc2)c(Cl)cc1Cl. The maximum absolute atomic E-state index is 12.5. The molecule has 0 fully saturated rings. The van der Waals surface area contributed by atoms with Gasteiger partial charge in [-0.2, -0.15) is 0 Å². The van der Waals surface area contributed by atoms with Crippen molar-refractivity contribution in [3.8, 4) is 0 Å². The molecule has 1 amide bonds. The molecule has 0 aliphatic carbocycles. The highest BCUT2D eigenvalue weighted by Crippen LogP contribution is 2.28. The van der Waals surface area contributed by atoms with Crippen LogP contribution in [0.4, 0.5) is 0 Å². The van der Waals surface area contributed by atoms with Crippen LogP contribution in [0.2, 0.25) is 10.0 Å². The van der Waals surface area contributed by atoms with Gasteiger partial charge in [0.05, 0.1) is 21.7 Å². The Morgan fingerprint density at radius 1 is 0.906 bits per heavy atom. The van der Waals surface area contributed by atoms with Crippen LogP contribution in [-0.2, 0) is 19.6 Å². The van der Waals surface area contributed by atoms with Crippen molar-refractivity contribution >= 4 is 45.1 Å². The highest BCUT2D eigenvalue weighted by molar-refractivity contribution is 7.89. The van der Waals surface area contributed by atoms with E-state index < -0.39 is 39.4 Å². The minimum absolute atomic E-state index is 0.140. The highest BCUT2D eigenvalue weighted by Gasteiger charge is 2.22. The van der Waals surface area contributed by atoms with E-state index in [2.05, 4.69) is 5.32 Å². The van der Waals surface area contributed by atoms with Crippen LogP contribution in [0.25, 0.3) is 0 Å². The number of benzene rings is 3. The molecule has 7 nitrogen and oxygen atoms in total. The van der Waals surface area contributed by atoms with Crippen LogP contribution in [0.5, 0.6) is 0 Å². The molecule has 3 aromatic carbocycles. The number of primary sulfonamides is 1. The molecule has 0 aliphatic heterocycles. The summed E-state index contributed by atoms with van der Waals surface area (Å²) in [6.45, 7) is -0.612. The molecule has 0 radical (unpaired) electrons. The maximum atomic E-state index is 12.5. The maximum Gasteiger partial charge on any atom is 0.340 e. The lowest BCUT2D eigenvalue weighted by molar-refractivity contribution is -0.124. The monoisotopic (exact) mass is 492 g/mol. The molecule has 0 saturated heterocycles. The zero-order valence-corrected chi connectivity index (χ0v) is 18.8. The Morgan fingerprint density at radius 2 is 1.44 bits per heavy atom. The van der Waals surface area contributed by atoms with Crippen LogP contribution in [0.15, 0.2) is 77.7 Å². The minimum atomic E-state index is -4.19. The molecule has 3 rings (SSSR count). The average Bonchev–Trinajstić information content (AvgIpc) is 2.76. The van der Waals surface area contributed by atoms with Gasteiger partial charge in [-0.25, -0.2) is 18.4 Å². The molecule has 0 atom stereocenters. The number of halogens is 2. The van der Waals surface area contributed by atoms with Crippen molar-refractivity contribution in [2.45, 2.75) is 10.9 Å². The Kier molecular flexibility index (Phi) is 7.52. The van der Waals surface area contributed by atoms with E-state index in [0.29, 0.717) is 0 Å². The van der Waals surface area contributed by atoms with Gasteiger partial charge >= 0.3 is 5.97 Å². The van der Waals surface area contributed by atoms with Gasteiger partial charge in [-0.05, 0) is 23.3 Å². The van der Waals surface area contributed by atoms with E-state index in [1.807, 2.05) is 60.7 Å². The molecule has 3 N–H and O–H groups in total. The third kappa shape index (κ3) is 5.86. The Labute approximate surface area is 195 Å². The van der Waals surface area contributed by atoms with Gasteiger partial charge in [0.2, 0.25) is 10.0 Å². The number of hydrogen-bond acceptors (Lipinski definition) is 5. The number of esters is 1. The molecular weight excluding hydrogens is 475 g/mol. The van der Waals surface area contributed by atoms with Gasteiger partial charge in [-0.15, -0.1) is 0 Å². The summed E-state index contributed by atoms with van der Waals surface area (Å²) in [7, 11) is -4.19. The van der Waals surface area contributed by atoms with Gasteiger partial charge in [0.25, 0.3) is 5.91 Å². The summed E-state index contributed by atoms with van der Waals surface area (Å²) < 4.78 is 28.3. The first-order chi connectivity index (χ1) is 15.2. The number of carbonyl (C=O) groups excluding carboxylic acids is 2. The number of nitrogens with one attached hydrogen (secondary N) is 1. The first-order valence-electron chi connectivity index (χ1n) is 9.25. The van der Waals surface area contributed by atoms with Gasteiger partial charge in [-0.1, -0.05) is 83.9 Å². The number of nitrogens with two attached hydrogens (primary N) is 1. The summed E-state index contributed by atoms with van der Waals surface area (Å²) in [5.41, 5.74) is 1.41. The lowest BCUT2D eigenvalue weighted by Crippen LogP contribution is -2.33. The number of carbonyl (C=O) groups is 2. The first-order valence-corrected chi connectivity index (χ1v) is 11.6. The summed E-state index contributed by atoms with van der Waals surface area (Å²) in [6, 6.07) is 20.1. The lowest BCUT2D eigenvalue weighted by Gasteiger charge is -2.20. The van der Waals surface area contributed by atoms with Gasteiger partial charge in [0.15, 0.2) is 6.61 Å². The fourth-order valence-electron chi connectivity index (χ4n) is 2.97. The first kappa shape index (κ1) is 23.7. The second-order valence-corrected chi connectivity index (χ2v) is 9.05. The molecule has 0 spiro atoms. The van der Waals surface area contributed by atoms with Crippen molar-refractivity contribution in [3.63, 3.8) is 0 Å². The molecule has 0 bridgehead atoms. The number of amides is 1. The number of sulfonamides is 1. The zero-order valence-electron chi connectivity index (χ0n) is 16.5. The second-order valence-electron chi connectivity index (χ2n) is 6.71. The average molecular weight is 493 g/mol. The lowest BCUT2D eigenvalue weighted by atomic mass is 9.99. The van der Waals surface area contributed by atoms with Crippen molar-refractivity contribution in [1.29, 1.82) is 0 Å². The molecule has 32 heavy (non-hydrogen) atoms. The van der Waals surface area contributed by atoms with Crippen LogP contribution < -0.4 is 10.5 Å². The van der Waals surface area contributed by atoms with Crippen molar-refractivity contribution in [2.75, 3.05) is 6.61 Å². The summed E-state index contributed by atoms with van der Waals surface area (Å²) in [4.78, 5) is 24.5. The third-order valence-corrected chi connectivity index (χ3v) is 6.14. The quantitative estimate of drug-likeness (QED) is 0.487. The Bertz CT molecular complexity index is 1200. The van der Waals surface area contributed by atoms with Crippen LogP contribution in [0.1, 0.15) is 27.5 Å². The summed E-state index contributed by atoms with van der Waals surface area (Å²) in [5, 5.41) is 7.55. The van der Waals surface area contributed by atoms with E-state index in [4.69, 9.17) is 33.1 Å². The van der Waals surface area contributed by atoms with Crippen molar-refractivity contribution in [2.24, 2.45) is 5.14 Å². The zero-order chi connectivity index (χ0) is 23.3. The molecular formula is C22H18Cl2N2O5S. The Morgan fingerprint density at radius 3 is 1.94 bits per heavy atom. The molecule has 0 aromatic heterocycles. The molecule has 0 aliphatic rings. The van der Waals surface area contributed by atoms with E-state index in [1.54, 1.807) is 0 Å². The Balaban J connectivity index is 1.74. The van der Waals surface area contributed by atoms with E-state index >= 15 is 0 Å². The molecule has 166 valence electrons. The molecule has 0 unspecified atom stereocenters. The second kappa shape index (κ2) is 10.1. The normalized spacial score (nSPS) is 11.2. The van der Waals surface area contributed by atoms with Gasteiger partial charge < -0.3 is 10.1 Å². The standard InChI is InChI=1S/C22H18Cl2N2O5S/c23-17-12-18(24)19(32(25,29)30)11-16(17)22(28)31-13-20(27)26-21(14-7-3-1-4-8-14)15-9-5-2-6-10-15/h1-12,21H,13H2,(H,26,27)(H2,25,29,30). The van der Waals surface area contributed by atoms with Crippen LogP contribution >= 0.6 is 23.2 Å². The van der Waals surface area contributed by atoms with Crippen molar-refractivity contribution < 1.29 is 22.7 Å². The molecule has 10 heteroatoms. The number of rotatable bonds is 7. The van der Waals surface area contributed by atoms with E-state index in [9.17, 15) is 18.0 Å². The van der Waals surface area contributed by atoms with Crippen LogP contribution in [-0.4, -0.2) is 26.9 Å². The fraction of sp³-hybridized carbons (Fsp3) is 0.0909. The predicted molar refractivity (Wildman–Crippen MR) is 121 cm³/mol. The van der Waals surface area contributed by atoms with Gasteiger partial charge in [0.1, 0.15) is 4.90 Å². The van der Waals surface area contributed by atoms with Crippen LogP contribution in [0.3, 0.4) is 0 Å². The molecule has 0 heterocycles. The number of hydrogen-bond donors (Lipinski definition) is 2. The fourth-order valence-corrected chi connectivity index (χ4v) is 4.36.